The van der Waals surface area contributed by atoms with Gasteiger partial charge in [0.15, 0.2) is 5.60 Å². The topological polar surface area (TPSA) is 24.8 Å². The minimum Gasteiger partial charge on any atom is -0.387 e. The number of rotatable bonds is 1. The van der Waals surface area contributed by atoms with Crippen molar-refractivity contribution in [2.45, 2.75) is 24.9 Å². The molecule has 1 atom stereocenters. The molecule has 3 fully saturated rings. The molecule has 0 amide bonds. The van der Waals surface area contributed by atoms with Gasteiger partial charge in [-0.3, -0.25) is 4.90 Å². The molecule has 2 bridgehead atoms. The van der Waals surface area contributed by atoms with Crippen molar-refractivity contribution in [1.29, 1.82) is 0 Å². The molecule has 4 rings (SSSR count). The predicted octanol–water partition coefficient (Wildman–Crippen LogP) is 1.41. The average Bonchev–Trinajstić information content (AvgIpc) is 2.63. The van der Waals surface area contributed by atoms with E-state index >= 15 is 0 Å². The van der Waals surface area contributed by atoms with Crippen LogP contribution in [0.25, 0.3) is 0 Å². The van der Waals surface area contributed by atoms with Crippen molar-refractivity contribution >= 4 is 5.71 Å². The second-order valence-electron chi connectivity index (χ2n) is 4.67. The number of nitrogens with zero attached hydrogens (tertiary/aromatic N) is 2. The van der Waals surface area contributed by atoms with E-state index in [0.29, 0.717) is 5.92 Å². The van der Waals surface area contributed by atoms with Gasteiger partial charge in [-0.2, -0.15) is 0 Å². The molecule has 1 spiro atoms. The van der Waals surface area contributed by atoms with Crippen LogP contribution in [-0.2, 0) is 4.84 Å². The van der Waals surface area contributed by atoms with Crippen molar-refractivity contribution < 1.29 is 4.84 Å². The van der Waals surface area contributed by atoms with Crippen LogP contribution in [0, 0.1) is 5.92 Å². The number of hydrogen-bond donors (Lipinski definition) is 0. The summed E-state index contributed by atoms with van der Waals surface area (Å²) < 4.78 is 0. The highest BCUT2D eigenvalue weighted by molar-refractivity contribution is 5.95. The van der Waals surface area contributed by atoms with Crippen molar-refractivity contribution in [3.8, 4) is 0 Å². The number of fused-ring (bicyclic) bond motifs is 2. The van der Waals surface area contributed by atoms with Crippen molar-refractivity contribution in [1.82, 2.24) is 4.90 Å². The molecule has 4 heterocycles. The molecule has 0 N–H and O–H groups in total. The monoisotopic (exact) mass is 192 g/mol. The Hall–Kier alpha value is -0.830. The predicted molar refractivity (Wildman–Crippen MR) is 55.2 cm³/mol. The zero-order valence-electron chi connectivity index (χ0n) is 8.41. The van der Waals surface area contributed by atoms with Crippen LogP contribution < -0.4 is 0 Å². The Bertz CT molecular complexity index is 292. The quantitative estimate of drug-likeness (QED) is 0.627. The largest absolute Gasteiger partial charge is 0.387 e. The number of oxime groups is 1. The Morgan fingerprint density at radius 2 is 2.29 bits per heavy atom. The average molecular weight is 192 g/mol. The second kappa shape index (κ2) is 2.83. The van der Waals surface area contributed by atoms with Crippen LogP contribution in [-0.4, -0.2) is 35.8 Å². The summed E-state index contributed by atoms with van der Waals surface area (Å²) in [6, 6.07) is 0. The fraction of sp³-hybridized carbons (Fsp3) is 0.727. The van der Waals surface area contributed by atoms with E-state index in [1.54, 1.807) is 0 Å². The molecular weight excluding hydrogens is 176 g/mol. The minimum absolute atomic E-state index is 0.0139. The van der Waals surface area contributed by atoms with Gasteiger partial charge in [-0.1, -0.05) is 11.7 Å². The Morgan fingerprint density at radius 1 is 1.50 bits per heavy atom. The van der Waals surface area contributed by atoms with Crippen LogP contribution in [0.4, 0.5) is 0 Å². The Kier molecular flexibility index (Phi) is 1.71. The maximum Gasteiger partial charge on any atom is 0.158 e. The van der Waals surface area contributed by atoms with Gasteiger partial charge in [-0.15, -0.1) is 0 Å². The molecule has 0 saturated carbocycles. The third-order valence-electron chi connectivity index (χ3n) is 3.88. The fourth-order valence-corrected chi connectivity index (χ4v) is 3.06. The van der Waals surface area contributed by atoms with Gasteiger partial charge >= 0.3 is 0 Å². The van der Waals surface area contributed by atoms with Gasteiger partial charge in [-0.05, 0) is 32.0 Å². The van der Waals surface area contributed by atoms with Crippen LogP contribution in [0.3, 0.4) is 0 Å². The normalized spacial score (nSPS) is 45.0. The number of allylic oxidation sites excluding steroid dienone is 1. The molecule has 3 heteroatoms. The summed E-state index contributed by atoms with van der Waals surface area (Å²) in [6.45, 7) is 7.32. The summed E-state index contributed by atoms with van der Waals surface area (Å²) in [4.78, 5) is 8.20. The molecule has 4 aliphatic rings. The first-order chi connectivity index (χ1) is 6.82. The lowest BCUT2D eigenvalue weighted by molar-refractivity contribution is -0.136. The van der Waals surface area contributed by atoms with Crippen molar-refractivity contribution in [3.05, 3.63) is 12.7 Å². The standard InChI is InChI=1S/C11H16N2O/c1-2-10-7-11(14-12-10)8-13-5-3-9(11)4-6-13/h2,9H,1,3-8H2. The molecule has 3 nitrogen and oxygen atoms in total. The first-order valence-electron chi connectivity index (χ1n) is 5.42. The van der Waals surface area contributed by atoms with Gasteiger partial charge in [-0.25, -0.2) is 0 Å². The summed E-state index contributed by atoms with van der Waals surface area (Å²) in [6.07, 6.45) is 5.35. The van der Waals surface area contributed by atoms with Gasteiger partial charge in [0.2, 0.25) is 0 Å². The van der Waals surface area contributed by atoms with E-state index in [9.17, 15) is 0 Å². The summed E-state index contributed by atoms with van der Waals surface area (Å²) in [7, 11) is 0. The SMILES string of the molecule is C=CC1=NOC2(C1)CN1CCC2CC1. The summed E-state index contributed by atoms with van der Waals surface area (Å²) in [5.41, 5.74) is 1.04. The second-order valence-corrected chi connectivity index (χ2v) is 4.67. The molecule has 1 unspecified atom stereocenters. The number of hydrogen-bond acceptors (Lipinski definition) is 3. The Labute approximate surface area is 84.4 Å². The first-order valence-corrected chi connectivity index (χ1v) is 5.42. The summed E-state index contributed by atoms with van der Waals surface area (Å²) in [5.74, 6) is 0.716. The van der Waals surface area contributed by atoms with Crippen LogP contribution in [0.5, 0.6) is 0 Å². The maximum absolute atomic E-state index is 5.69. The molecule has 4 aliphatic heterocycles. The molecule has 0 radical (unpaired) electrons. The molecule has 0 aromatic carbocycles. The fourth-order valence-electron chi connectivity index (χ4n) is 3.06. The Morgan fingerprint density at radius 3 is 2.79 bits per heavy atom. The van der Waals surface area contributed by atoms with E-state index in [4.69, 9.17) is 4.84 Å². The first kappa shape index (κ1) is 8.48. The van der Waals surface area contributed by atoms with Gasteiger partial charge in [0.05, 0.1) is 5.71 Å². The zero-order chi connectivity index (χ0) is 9.60. The highest BCUT2D eigenvalue weighted by atomic mass is 16.7. The highest BCUT2D eigenvalue weighted by Crippen LogP contribution is 2.43. The molecular formula is C11H16N2O. The van der Waals surface area contributed by atoms with Crippen LogP contribution >= 0.6 is 0 Å². The third-order valence-corrected chi connectivity index (χ3v) is 3.88. The van der Waals surface area contributed by atoms with Crippen molar-refractivity contribution in [3.63, 3.8) is 0 Å². The summed E-state index contributed by atoms with van der Waals surface area (Å²) in [5, 5.41) is 4.12. The van der Waals surface area contributed by atoms with E-state index in [1.807, 2.05) is 6.08 Å². The van der Waals surface area contributed by atoms with Gasteiger partial charge in [0.25, 0.3) is 0 Å². The lowest BCUT2D eigenvalue weighted by Gasteiger charge is -2.49. The van der Waals surface area contributed by atoms with Gasteiger partial charge in [0.1, 0.15) is 0 Å². The minimum atomic E-state index is 0.0139. The van der Waals surface area contributed by atoms with Crippen LogP contribution in [0.15, 0.2) is 17.8 Å². The molecule has 0 aliphatic carbocycles. The lowest BCUT2D eigenvalue weighted by atomic mass is 9.73. The zero-order valence-corrected chi connectivity index (χ0v) is 8.41. The van der Waals surface area contributed by atoms with Gasteiger partial charge in [0, 0.05) is 18.9 Å². The van der Waals surface area contributed by atoms with E-state index in [0.717, 1.165) is 18.7 Å². The molecule has 14 heavy (non-hydrogen) atoms. The molecule has 0 aromatic rings. The van der Waals surface area contributed by atoms with Crippen molar-refractivity contribution in [2.75, 3.05) is 19.6 Å². The summed E-state index contributed by atoms with van der Waals surface area (Å²) >= 11 is 0. The Balaban J connectivity index is 1.83. The van der Waals surface area contributed by atoms with E-state index in [-0.39, 0.29) is 5.60 Å². The molecule has 76 valence electrons. The smallest absolute Gasteiger partial charge is 0.158 e. The van der Waals surface area contributed by atoms with Crippen LogP contribution in [0.1, 0.15) is 19.3 Å². The van der Waals surface area contributed by atoms with Crippen LogP contribution in [0.2, 0.25) is 0 Å². The van der Waals surface area contributed by atoms with Gasteiger partial charge < -0.3 is 4.84 Å². The number of piperidine rings is 3. The van der Waals surface area contributed by atoms with E-state index in [2.05, 4.69) is 16.6 Å². The van der Waals surface area contributed by atoms with Crippen molar-refractivity contribution in [2.24, 2.45) is 11.1 Å². The highest BCUT2D eigenvalue weighted by Gasteiger charge is 2.51. The lowest BCUT2D eigenvalue weighted by Crippen LogP contribution is -2.59. The molecule has 0 aromatic heterocycles. The third kappa shape index (κ3) is 1.05. The maximum atomic E-state index is 5.69. The molecule has 3 saturated heterocycles. The van der Waals surface area contributed by atoms with E-state index < -0.39 is 0 Å². The van der Waals surface area contributed by atoms with E-state index in [1.165, 1.54) is 25.9 Å².